The van der Waals surface area contributed by atoms with Crippen molar-refractivity contribution in [1.29, 1.82) is 0 Å². The van der Waals surface area contributed by atoms with Crippen molar-refractivity contribution >= 4 is 28.8 Å². The van der Waals surface area contributed by atoms with Crippen LogP contribution in [0.2, 0.25) is 0 Å². The molecule has 3 rings (SSSR count). The Morgan fingerprint density at radius 2 is 1.81 bits per heavy atom. The van der Waals surface area contributed by atoms with Gasteiger partial charge in [0.1, 0.15) is 0 Å². The first-order chi connectivity index (χ1) is 13.0. The third-order valence-corrected chi connectivity index (χ3v) is 5.81. The van der Waals surface area contributed by atoms with Crippen LogP contribution in [0.3, 0.4) is 0 Å². The van der Waals surface area contributed by atoms with Crippen molar-refractivity contribution in [2.75, 3.05) is 0 Å². The maximum atomic E-state index is 12.3. The molecule has 0 spiro atoms. The maximum absolute atomic E-state index is 12.3. The molecule has 2 N–H and O–H groups in total. The van der Waals surface area contributed by atoms with Gasteiger partial charge in [0.2, 0.25) is 5.91 Å². The summed E-state index contributed by atoms with van der Waals surface area (Å²) in [5.41, 5.74) is 6.17. The summed E-state index contributed by atoms with van der Waals surface area (Å²) in [6.45, 7) is 0. The van der Waals surface area contributed by atoms with Crippen molar-refractivity contribution in [3.8, 4) is 0 Å². The first-order valence-electron chi connectivity index (χ1n) is 8.97. The largest absolute Gasteiger partial charge is 0.279 e. The molecule has 0 fully saturated rings. The van der Waals surface area contributed by atoms with Crippen molar-refractivity contribution < 1.29 is 14.5 Å². The molecule has 0 saturated carbocycles. The molecule has 1 aromatic carbocycles. The van der Waals surface area contributed by atoms with Gasteiger partial charge in [-0.25, -0.2) is 0 Å². The number of hydrogen-bond acceptors (Lipinski definition) is 5. The third-order valence-electron chi connectivity index (χ3n) is 4.58. The molecule has 1 aliphatic carbocycles. The van der Waals surface area contributed by atoms with Gasteiger partial charge in [0.15, 0.2) is 0 Å². The third kappa shape index (κ3) is 4.91. The number of rotatable bonds is 4. The number of amides is 2. The van der Waals surface area contributed by atoms with Crippen LogP contribution in [0.5, 0.6) is 0 Å². The fourth-order valence-electron chi connectivity index (χ4n) is 3.20. The quantitative estimate of drug-likeness (QED) is 0.621. The zero-order valence-corrected chi connectivity index (χ0v) is 15.6. The average Bonchev–Trinajstić information content (AvgIpc) is 3.02. The standard InChI is InChI=1S/C19H21N3O4S/c23-18(12-13-7-5-6-9-15(13)22(25)26)20-21-19(24)17-11-14-8-3-1-2-4-10-16(14)27-17/h5-7,9,11H,1-4,8,10,12H2,(H,20,23)(H,21,24). The highest BCUT2D eigenvalue weighted by Gasteiger charge is 2.18. The smallest absolute Gasteiger partial charge is 0.273 e. The molecular formula is C19H21N3O4S. The predicted octanol–water partition coefficient (Wildman–Crippen LogP) is 3.32. The average molecular weight is 387 g/mol. The van der Waals surface area contributed by atoms with Gasteiger partial charge in [0.25, 0.3) is 11.6 Å². The molecular weight excluding hydrogens is 366 g/mol. The lowest BCUT2D eigenvalue weighted by Crippen LogP contribution is -2.42. The van der Waals surface area contributed by atoms with Crippen LogP contribution in [0.1, 0.15) is 51.4 Å². The van der Waals surface area contributed by atoms with E-state index in [-0.39, 0.29) is 18.0 Å². The minimum Gasteiger partial charge on any atom is -0.273 e. The van der Waals surface area contributed by atoms with Gasteiger partial charge in [-0.05, 0) is 37.3 Å². The van der Waals surface area contributed by atoms with Gasteiger partial charge in [-0.2, -0.15) is 0 Å². The lowest BCUT2D eigenvalue weighted by atomic mass is 10.00. The van der Waals surface area contributed by atoms with Gasteiger partial charge in [0.05, 0.1) is 16.2 Å². The Morgan fingerprint density at radius 3 is 2.59 bits per heavy atom. The summed E-state index contributed by atoms with van der Waals surface area (Å²) in [5, 5.41) is 11.0. The van der Waals surface area contributed by atoms with Crippen LogP contribution in [0.25, 0.3) is 0 Å². The molecule has 0 unspecified atom stereocenters. The Morgan fingerprint density at radius 1 is 1.07 bits per heavy atom. The first-order valence-corrected chi connectivity index (χ1v) is 9.79. The van der Waals surface area contributed by atoms with Gasteiger partial charge < -0.3 is 0 Å². The summed E-state index contributed by atoms with van der Waals surface area (Å²) in [6.07, 6.45) is 6.52. The van der Waals surface area contributed by atoms with Gasteiger partial charge in [-0.15, -0.1) is 11.3 Å². The van der Waals surface area contributed by atoms with Crippen molar-refractivity contribution in [2.24, 2.45) is 0 Å². The Bertz CT molecular complexity index is 837. The summed E-state index contributed by atoms with van der Waals surface area (Å²) >= 11 is 1.48. The Balaban J connectivity index is 1.58. The Hall–Kier alpha value is -2.74. The monoisotopic (exact) mass is 387 g/mol. The number of hydrogen-bond donors (Lipinski definition) is 2. The van der Waals surface area contributed by atoms with Gasteiger partial charge in [0, 0.05) is 16.5 Å². The van der Waals surface area contributed by atoms with E-state index in [2.05, 4.69) is 10.9 Å². The van der Waals surface area contributed by atoms with E-state index in [9.17, 15) is 19.7 Å². The summed E-state index contributed by atoms with van der Waals surface area (Å²) < 4.78 is 0. The number of thiophene rings is 1. The number of benzene rings is 1. The van der Waals surface area contributed by atoms with E-state index in [4.69, 9.17) is 0 Å². The number of carbonyl (C=O) groups is 2. The van der Waals surface area contributed by atoms with Crippen LogP contribution in [0.15, 0.2) is 30.3 Å². The molecule has 7 nitrogen and oxygen atoms in total. The highest BCUT2D eigenvalue weighted by Crippen LogP contribution is 2.28. The molecule has 0 aliphatic heterocycles. The molecule has 1 aromatic heterocycles. The minimum atomic E-state index is -0.525. The molecule has 0 atom stereocenters. The maximum Gasteiger partial charge on any atom is 0.279 e. The Labute approximate surface area is 160 Å². The lowest BCUT2D eigenvalue weighted by Gasteiger charge is -2.07. The van der Waals surface area contributed by atoms with E-state index in [1.165, 1.54) is 46.8 Å². The second-order valence-corrected chi connectivity index (χ2v) is 7.67. The lowest BCUT2D eigenvalue weighted by molar-refractivity contribution is -0.385. The van der Waals surface area contributed by atoms with E-state index in [1.807, 2.05) is 6.07 Å². The molecule has 0 radical (unpaired) electrons. The van der Waals surface area contributed by atoms with E-state index in [0.717, 1.165) is 25.7 Å². The zero-order valence-electron chi connectivity index (χ0n) is 14.8. The van der Waals surface area contributed by atoms with Crippen LogP contribution in [0, 0.1) is 10.1 Å². The normalized spacial score (nSPS) is 13.8. The molecule has 2 aromatic rings. The fraction of sp³-hybridized carbons (Fsp3) is 0.368. The highest BCUT2D eigenvalue weighted by atomic mass is 32.1. The second kappa shape index (κ2) is 8.77. The van der Waals surface area contributed by atoms with E-state index < -0.39 is 10.8 Å². The minimum absolute atomic E-state index is 0.114. The molecule has 142 valence electrons. The molecule has 8 heteroatoms. The van der Waals surface area contributed by atoms with Crippen molar-refractivity contribution in [3.05, 3.63) is 61.3 Å². The van der Waals surface area contributed by atoms with Crippen LogP contribution >= 0.6 is 11.3 Å². The van der Waals surface area contributed by atoms with Crippen LogP contribution in [-0.4, -0.2) is 16.7 Å². The summed E-state index contributed by atoms with van der Waals surface area (Å²) in [7, 11) is 0. The number of aryl methyl sites for hydroxylation is 2. The second-order valence-electron chi connectivity index (χ2n) is 6.54. The number of carbonyl (C=O) groups excluding carboxylic acids is 2. The summed E-state index contributed by atoms with van der Waals surface area (Å²) in [5.74, 6) is -0.866. The molecule has 27 heavy (non-hydrogen) atoms. The highest BCUT2D eigenvalue weighted by molar-refractivity contribution is 7.14. The van der Waals surface area contributed by atoms with Gasteiger partial charge in [-0.1, -0.05) is 31.0 Å². The molecule has 0 saturated heterocycles. The summed E-state index contributed by atoms with van der Waals surface area (Å²) in [6, 6.07) is 7.97. The van der Waals surface area contributed by atoms with Crippen LogP contribution in [0.4, 0.5) is 5.69 Å². The molecule has 2 amide bonds. The number of fused-ring (bicyclic) bond motifs is 1. The number of nitro benzene ring substituents is 1. The first kappa shape index (κ1) is 19.0. The number of nitro groups is 1. The topological polar surface area (TPSA) is 101 Å². The Kier molecular flexibility index (Phi) is 6.18. The molecule has 1 aliphatic rings. The number of para-hydroxylation sites is 1. The predicted molar refractivity (Wildman–Crippen MR) is 103 cm³/mol. The van der Waals surface area contributed by atoms with Crippen molar-refractivity contribution in [3.63, 3.8) is 0 Å². The van der Waals surface area contributed by atoms with Crippen LogP contribution < -0.4 is 10.9 Å². The SMILES string of the molecule is O=C(Cc1ccccc1[N+](=O)[O-])NNC(=O)c1cc2c(s1)CCCCCC2. The van der Waals surface area contributed by atoms with Gasteiger partial charge in [-0.3, -0.25) is 30.6 Å². The molecule has 0 bridgehead atoms. The van der Waals surface area contributed by atoms with E-state index >= 15 is 0 Å². The van der Waals surface area contributed by atoms with E-state index in [1.54, 1.807) is 12.1 Å². The van der Waals surface area contributed by atoms with Crippen molar-refractivity contribution in [1.82, 2.24) is 10.9 Å². The molecule has 1 heterocycles. The van der Waals surface area contributed by atoms with E-state index in [0.29, 0.717) is 10.4 Å². The van der Waals surface area contributed by atoms with Crippen LogP contribution in [-0.2, 0) is 24.1 Å². The zero-order chi connectivity index (χ0) is 19.2. The fourth-order valence-corrected chi connectivity index (χ4v) is 4.35. The number of hydrazine groups is 1. The van der Waals surface area contributed by atoms with Crippen molar-refractivity contribution in [2.45, 2.75) is 44.9 Å². The number of nitrogens with one attached hydrogen (secondary N) is 2. The number of nitrogens with zero attached hydrogens (tertiary/aromatic N) is 1. The summed E-state index contributed by atoms with van der Waals surface area (Å²) in [4.78, 5) is 36.7. The van der Waals surface area contributed by atoms with Gasteiger partial charge >= 0.3 is 0 Å².